The zero-order chi connectivity index (χ0) is 29.8. The third-order valence-electron chi connectivity index (χ3n) is 7.57. The van der Waals surface area contributed by atoms with Crippen LogP contribution in [0.5, 0.6) is 17.2 Å². The first-order chi connectivity index (χ1) is 19.7. The largest absolute Gasteiger partial charge is 0.493 e. The molecule has 0 bridgehead atoms. The van der Waals surface area contributed by atoms with E-state index in [-0.39, 0.29) is 23.4 Å². The van der Waals surface area contributed by atoms with Crippen LogP contribution in [0.25, 0.3) is 0 Å². The van der Waals surface area contributed by atoms with Gasteiger partial charge in [-0.3, -0.25) is 10.1 Å². The van der Waals surface area contributed by atoms with Crippen molar-refractivity contribution in [2.45, 2.75) is 90.6 Å². The number of nitrogens with two attached hydrogens (primary N) is 1. The number of ether oxygens (including phenoxy) is 3. The Morgan fingerprint density at radius 2 is 1.66 bits per heavy atom. The van der Waals surface area contributed by atoms with Crippen LogP contribution in [0.3, 0.4) is 0 Å². The number of alkyl halides is 1. The number of nitro benzene ring substituents is 1. The van der Waals surface area contributed by atoms with Gasteiger partial charge in [0.2, 0.25) is 5.75 Å². The number of carbonyl (C=O) groups is 2. The maximum absolute atomic E-state index is 14.0. The fraction of sp³-hybridized carbons (Fsp3) is 0.548. The van der Waals surface area contributed by atoms with Gasteiger partial charge in [0, 0.05) is 12.1 Å². The maximum atomic E-state index is 14.0. The molecule has 0 aromatic heterocycles. The van der Waals surface area contributed by atoms with E-state index >= 15 is 0 Å². The van der Waals surface area contributed by atoms with E-state index < -0.39 is 34.5 Å². The number of nitrogen functional groups attached to an aromatic ring is 1. The van der Waals surface area contributed by atoms with Crippen molar-refractivity contribution in [2.24, 2.45) is 11.8 Å². The van der Waals surface area contributed by atoms with E-state index in [1.165, 1.54) is 51.4 Å². The van der Waals surface area contributed by atoms with Crippen LogP contribution in [0.15, 0.2) is 36.4 Å². The topological polar surface area (TPSA) is 131 Å². The zero-order valence-corrected chi connectivity index (χ0v) is 23.9. The second-order valence-electron chi connectivity index (χ2n) is 10.7. The lowest BCUT2D eigenvalue weighted by molar-refractivity contribution is -0.385. The minimum atomic E-state index is -1.93. The molecule has 3 unspecified atom stereocenters. The van der Waals surface area contributed by atoms with Crippen LogP contribution in [0.2, 0.25) is 0 Å². The maximum Gasteiger partial charge on any atom is 0.346 e. The highest BCUT2D eigenvalue weighted by Crippen LogP contribution is 2.35. The third kappa shape index (κ3) is 9.43. The molecule has 224 valence electrons. The minimum Gasteiger partial charge on any atom is -0.493 e. The van der Waals surface area contributed by atoms with Gasteiger partial charge in [0.15, 0.2) is 6.17 Å². The van der Waals surface area contributed by atoms with Gasteiger partial charge >= 0.3 is 17.6 Å². The molecule has 3 rings (SSSR count). The van der Waals surface area contributed by atoms with Crippen LogP contribution in [0.4, 0.5) is 15.8 Å². The molecule has 0 amide bonds. The normalized spacial score (nSPS) is 17.4. The molecule has 0 saturated heterocycles. The van der Waals surface area contributed by atoms with Gasteiger partial charge in [-0.2, -0.15) is 0 Å². The second-order valence-corrected chi connectivity index (χ2v) is 10.7. The number of benzene rings is 2. The monoisotopic (exact) mass is 572 g/mol. The molecule has 2 aromatic rings. The van der Waals surface area contributed by atoms with Crippen molar-refractivity contribution < 1.29 is 33.1 Å². The number of unbranched alkanes of at least 4 members (excludes halogenated alkanes) is 3. The molecule has 1 saturated carbocycles. The molecule has 1 fully saturated rings. The Hall–Kier alpha value is -3.69. The van der Waals surface area contributed by atoms with Gasteiger partial charge in [0.25, 0.3) is 0 Å². The summed E-state index contributed by atoms with van der Waals surface area (Å²) in [7, 11) is 0. The first-order valence-corrected chi connectivity index (χ1v) is 14.6. The van der Waals surface area contributed by atoms with E-state index in [4.69, 9.17) is 19.9 Å². The Labute approximate surface area is 240 Å². The summed E-state index contributed by atoms with van der Waals surface area (Å²) in [4.78, 5) is 35.6. The van der Waals surface area contributed by atoms with E-state index in [2.05, 4.69) is 6.92 Å². The van der Waals surface area contributed by atoms with Crippen molar-refractivity contribution in [1.29, 1.82) is 0 Å². The summed E-state index contributed by atoms with van der Waals surface area (Å²) >= 11 is 0. The number of anilines is 1. The first-order valence-electron chi connectivity index (χ1n) is 14.6. The Morgan fingerprint density at radius 3 is 2.32 bits per heavy atom. The van der Waals surface area contributed by atoms with Gasteiger partial charge in [0.05, 0.1) is 22.8 Å². The van der Waals surface area contributed by atoms with Crippen molar-refractivity contribution in [2.75, 3.05) is 12.3 Å². The molecule has 2 aromatic carbocycles. The first kappa shape index (κ1) is 31.8. The van der Waals surface area contributed by atoms with E-state index in [1.807, 2.05) is 6.92 Å². The highest BCUT2D eigenvalue weighted by atomic mass is 19.1. The molecular formula is C31H41FN2O7. The number of nitrogens with zero attached hydrogens (tertiary/aromatic N) is 1. The van der Waals surface area contributed by atoms with Crippen LogP contribution in [0.1, 0.15) is 94.8 Å². The molecule has 0 heterocycles. The molecule has 1 aliphatic rings. The predicted molar refractivity (Wildman–Crippen MR) is 154 cm³/mol. The average Bonchev–Trinajstić information content (AvgIpc) is 2.96. The van der Waals surface area contributed by atoms with Gasteiger partial charge in [-0.15, -0.1) is 0 Å². The van der Waals surface area contributed by atoms with Gasteiger partial charge in [-0.05, 0) is 48.9 Å². The average molecular weight is 573 g/mol. The SMILES string of the molecule is CCCCCC1CCCCC1COc1ccc(OC(=O)c2cc([N+](=O)[O-])c(OC(=O)C(F)CCCC)cc2N)cc1. The molecule has 3 atom stereocenters. The summed E-state index contributed by atoms with van der Waals surface area (Å²) in [5.74, 6) is -0.638. The smallest absolute Gasteiger partial charge is 0.346 e. The van der Waals surface area contributed by atoms with E-state index in [0.717, 1.165) is 12.1 Å². The van der Waals surface area contributed by atoms with Crippen molar-refractivity contribution >= 4 is 23.3 Å². The molecule has 2 N–H and O–H groups in total. The van der Waals surface area contributed by atoms with Crippen molar-refractivity contribution in [3.05, 3.63) is 52.1 Å². The quantitative estimate of drug-likeness (QED) is 0.0576. The minimum absolute atomic E-state index is 0.0625. The molecule has 0 aliphatic heterocycles. The fourth-order valence-corrected chi connectivity index (χ4v) is 5.17. The highest BCUT2D eigenvalue weighted by Gasteiger charge is 2.28. The summed E-state index contributed by atoms with van der Waals surface area (Å²) in [5, 5.41) is 11.6. The van der Waals surface area contributed by atoms with E-state index in [9.17, 15) is 24.1 Å². The lowest BCUT2D eigenvalue weighted by atomic mass is 9.77. The lowest BCUT2D eigenvalue weighted by Gasteiger charge is -2.31. The van der Waals surface area contributed by atoms with Gasteiger partial charge in [0.1, 0.15) is 11.5 Å². The number of carbonyl (C=O) groups excluding carboxylic acids is 2. The summed E-state index contributed by atoms with van der Waals surface area (Å²) in [6, 6.07) is 8.38. The van der Waals surface area contributed by atoms with E-state index in [1.54, 1.807) is 24.3 Å². The second kappa shape index (κ2) is 15.9. The third-order valence-corrected chi connectivity index (χ3v) is 7.57. The number of nitro groups is 1. The molecule has 0 radical (unpaired) electrons. The number of hydrogen-bond donors (Lipinski definition) is 1. The summed E-state index contributed by atoms with van der Waals surface area (Å²) < 4.78 is 30.4. The Balaban J connectivity index is 1.62. The Morgan fingerprint density at radius 1 is 1.00 bits per heavy atom. The number of halogens is 1. The predicted octanol–water partition coefficient (Wildman–Crippen LogP) is 7.60. The Bertz CT molecular complexity index is 1170. The zero-order valence-electron chi connectivity index (χ0n) is 23.9. The summed E-state index contributed by atoms with van der Waals surface area (Å²) in [5.41, 5.74) is 4.73. The standard InChI is InChI=1S/C31H41FN2O7/c1-3-5-7-10-21-11-8-9-12-22(21)20-39-23-14-16-24(17-15-23)40-30(35)25-18-28(34(37)38)29(19-27(25)33)41-31(36)26(32)13-6-4-2/h14-19,21-22,26H,3-13,20,33H2,1-2H3. The molecule has 9 nitrogen and oxygen atoms in total. The molecule has 1 aliphatic carbocycles. The van der Waals surface area contributed by atoms with Crippen molar-refractivity contribution in [3.63, 3.8) is 0 Å². The number of esters is 2. The summed E-state index contributed by atoms with van der Waals surface area (Å²) in [6.45, 7) is 4.70. The van der Waals surface area contributed by atoms with Crippen LogP contribution in [-0.4, -0.2) is 29.6 Å². The number of rotatable bonds is 15. The van der Waals surface area contributed by atoms with Crippen LogP contribution in [-0.2, 0) is 4.79 Å². The Kier molecular flexibility index (Phi) is 12.4. The lowest BCUT2D eigenvalue weighted by Crippen LogP contribution is -2.25. The van der Waals surface area contributed by atoms with Gasteiger partial charge in [-0.1, -0.05) is 71.6 Å². The molecular weight excluding hydrogens is 531 g/mol. The molecule has 41 heavy (non-hydrogen) atoms. The molecule has 10 heteroatoms. The number of hydrogen-bond acceptors (Lipinski definition) is 8. The van der Waals surface area contributed by atoms with Crippen LogP contribution < -0.4 is 19.9 Å². The highest BCUT2D eigenvalue weighted by molar-refractivity contribution is 5.98. The fourth-order valence-electron chi connectivity index (χ4n) is 5.17. The van der Waals surface area contributed by atoms with Crippen molar-refractivity contribution in [1.82, 2.24) is 0 Å². The van der Waals surface area contributed by atoms with E-state index in [0.29, 0.717) is 37.0 Å². The van der Waals surface area contributed by atoms with Crippen molar-refractivity contribution in [3.8, 4) is 17.2 Å². The van der Waals surface area contributed by atoms with Crippen LogP contribution in [0, 0.1) is 22.0 Å². The summed E-state index contributed by atoms with van der Waals surface area (Å²) in [6.07, 6.45) is 9.07. The molecule has 0 spiro atoms. The van der Waals surface area contributed by atoms with Gasteiger partial charge < -0.3 is 19.9 Å². The van der Waals surface area contributed by atoms with Crippen LogP contribution >= 0.6 is 0 Å². The van der Waals surface area contributed by atoms with Gasteiger partial charge in [-0.25, -0.2) is 14.0 Å².